The maximum Gasteiger partial charge on any atom is 0.232 e. The fourth-order valence-corrected chi connectivity index (χ4v) is 4.18. The number of phenols is 1. The van der Waals surface area contributed by atoms with Crippen LogP contribution in [0.2, 0.25) is 10.0 Å². The van der Waals surface area contributed by atoms with Crippen LogP contribution in [0.3, 0.4) is 0 Å². The van der Waals surface area contributed by atoms with Gasteiger partial charge in [-0.15, -0.1) is 0 Å². The van der Waals surface area contributed by atoms with Crippen LogP contribution in [0.5, 0.6) is 11.5 Å². The van der Waals surface area contributed by atoms with Crippen molar-refractivity contribution in [3.05, 3.63) is 98.2 Å². The number of aryl methyl sites for hydroxylation is 1. The van der Waals surface area contributed by atoms with Crippen LogP contribution in [0.25, 0.3) is 6.08 Å². The van der Waals surface area contributed by atoms with Gasteiger partial charge in [0.25, 0.3) is 0 Å². The summed E-state index contributed by atoms with van der Waals surface area (Å²) in [6, 6.07) is 16.7. The minimum atomic E-state index is -0.231. The molecule has 3 aromatic carbocycles. The number of allylic oxidation sites excluding steroid dienone is 1. The number of phenolic OH excluding ortho intramolecular Hbond substituents is 1. The van der Waals surface area contributed by atoms with Crippen molar-refractivity contribution >= 4 is 35.1 Å². The third-order valence-electron chi connectivity index (χ3n) is 5.19. The van der Waals surface area contributed by atoms with Gasteiger partial charge in [-0.05, 0) is 54.9 Å². The molecule has 0 saturated heterocycles. The Morgan fingerprint density at radius 1 is 1.06 bits per heavy atom. The topological polar surface area (TPSA) is 49.8 Å². The lowest BCUT2D eigenvalue weighted by Gasteiger charge is -2.19. The number of aromatic hydroxyl groups is 1. The summed E-state index contributed by atoms with van der Waals surface area (Å²) in [4.78, 5) is 15.1. The third kappa shape index (κ3) is 4.47. The largest absolute Gasteiger partial charge is 0.507 e. The van der Waals surface area contributed by atoms with Gasteiger partial charge in [0.1, 0.15) is 11.5 Å². The monoisotopic (exact) mass is 453 g/mol. The van der Waals surface area contributed by atoms with E-state index in [4.69, 9.17) is 27.9 Å². The van der Waals surface area contributed by atoms with E-state index in [-0.39, 0.29) is 17.3 Å². The first-order valence-electron chi connectivity index (χ1n) is 9.80. The zero-order valence-electron chi connectivity index (χ0n) is 17.2. The molecule has 0 radical (unpaired) electrons. The van der Waals surface area contributed by atoms with Gasteiger partial charge < -0.3 is 9.84 Å². The molecule has 0 fully saturated rings. The van der Waals surface area contributed by atoms with E-state index in [0.717, 1.165) is 5.56 Å². The van der Waals surface area contributed by atoms with Crippen LogP contribution in [-0.4, -0.2) is 22.8 Å². The highest BCUT2D eigenvalue weighted by molar-refractivity contribution is 6.35. The molecule has 0 atom stereocenters. The summed E-state index contributed by atoms with van der Waals surface area (Å²) in [5, 5.41) is 11.6. The number of carbonyl (C=O) groups is 1. The van der Waals surface area contributed by atoms with Crippen molar-refractivity contribution in [3.63, 3.8) is 0 Å². The molecule has 31 heavy (non-hydrogen) atoms. The van der Waals surface area contributed by atoms with E-state index in [2.05, 4.69) is 4.90 Å². The lowest BCUT2D eigenvalue weighted by Crippen LogP contribution is -2.17. The first-order valence-corrected chi connectivity index (χ1v) is 10.6. The predicted molar refractivity (Wildman–Crippen MR) is 124 cm³/mol. The second kappa shape index (κ2) is 8.75. The molecule has 1 aliphatic rings. The molecule has 0 unspecified atom stereocenters. The van der Waals surface area contributed by atoms with E-state index in [0.29, 0.717) is 51.1 Å². The first kappa shape index (κ1) is 21.4. The summed E-state index contributed by atoms with van der Waals surface area (Å²) in [5.41, 5.74) is 3.50. The van der Waals surface area contributed by atoms with Gasteiger partial charge in [-0.25, -0.2) is 0 Å². The van der Waals surface area contributed by atoms with Crippen LogP contribution in [0, 0.1) is 6.92 Å². The zero-order valence-corrected chi connectivity index (χ0v) is 18.7. The maximum atomic E-state index is 13.1. The summed E-state index contributed by atoms with van der Waals surface area (Å²) >= 11 is 12.2. The quantitative estimate of drug-likeness (QED) is 0.463. The smallest absolute Gasteiger partial charge is 0.232 e. The van der Waals surface area contributed by atoms with Crippen molar-refractivity contribution in [3.8, 4) is 11.5 Å². The molecule has 0 aromatic heterocycles. The summed E-state index contributed by atoms with van der Waals surface area (Å²) < 4.78 is 5.99. The Morgan fingerprint density at radius 3 is 2.52 bits per heavy atom. The third-order valence-corrected chi connectivity index (χ3v) is 5.76. The van der Waals surface area contributed by atoms with E-state index in [9.17, 15) is 9.90 Å². The Kier molecular flexibility index (Phi) is 6.05. The highest BCUT2D eigenvalue weighted by Gasteiger charge is 2.33. The first-order chi connectivity index (χ1) is 14.8. The molecular formula is C25H21Cl2NO3. The number of hydrogen-bond acceptors (Lipinski definition) is 4. The average Bonchev–Trinajstić information content (AvgIpc) is 3.04. The molecule has 4 nitrogen and oxygen atoms in total. The van der Waals surface area contributed by atoms with Crippen molar-refractivity contribution in [2.24, 2.45) is 0 Å². The van der Waals surface area contributed by atoms with Gasteiger partial charge in [-0.3, -0.25) is 9.69 Å². The van der Waals surface area contributed by atoms with Crippen LogP contribution in [-0.2, 0) is 13.1 Å². The molecule has 1 N–H and O–H groups in total. The van der Waals surface area contributed by atoms with Gasteiger partial charge in [0.05, 0.1) is 11.1 Å². The molecule has 0 amide bonds. The zero-order chi connectivity index (χ0) is 22.1. The fourth-order valence-electron chi connectivity index (χ4n) is 3.71. The minimum absolute atomic E-state index is 0.106. The van der Waals surface area contributed by atoms with Gasteiger partial charge in [-0.2, -0.15) is 0 Å². The molecule has 3 aromatic rings. The predicted octanol–water partition coefficient (Wildman–Crippen LogP) is 6.26. The highest BCUT2D eigenvalue weighted by atomic mass is 35.5. The van der Waals surface area contributed by atoms with Gasteiger partial charge in [0.2, 0.25) is 5.78 Å². The van der Waals surface area contributed by atoms with E-state index < -0.39 is 0 Å². The molecule has 0 bridgehead atoms. The lowest BCUT2D eigenvalue weighted by atomic mass is 9.99. The molecule has 0 aliphatic carbocycles. The van der Waals surface area contributed by atoms with Gasteiger partial charge in [0.15, 0.2) is 5.76 Å². The maximum absolute atomic E-state index is 13.1. The van der Waals surface area contributed by atoms with E-state index >= 15 is 0 Å². The van der Waals surface area contributed by atoms with E-state index in [1.54, 1.807) is 37.3 Å². The van der Waals surface area contributed by atoms with Crippen LogP contribution < -0.4 is 4.74 Å². The van der Waals surface area contributed by atoms with Crippen molar-refractivity contribution in [1.29, 1.82) is 0 Å². The number of ketones is 1. The normalized spacial score (nSPS) is 14.2. The molecular weight excluding hydrogens is 433 g/mol. The molecule has 6 heteroatoms. The van der Waals surface area contributed by atoms with E-state index in [1.807, 2.05) is 37.4 Å². The SMILES string of the molecule is Cc1cc(O)c(CN(C)Cc2ccccc2)c2c1C(=O)/C(=C/c1ccc(Cl)cc1Cl)O2. The van der Waals surface area contributed by atoms with E-state index in [1.165, 1.54) is 0 Å². The lowest BCUT2D eigenvalue weighted by molar-refractivity contribution is 0.101. The number of Topliss-reactive ketones (excluding diaryl/α,β-unsaturated/α-hetero) is 1. The van der Waals surface area contributed by atoms with Crippen LogP contribution >= 0.6 is 23.2 Å². The average molecular weight is 454 g/mol. The Labute approximate surface area is 191 Å². The molecule has 1 heterocycles. The summed E-state index contributed by atoms with van der Waals surface area (Å²) in [6.07, 6.45) is 1.61. The number of nitrogens with zero attached hydrogens (tertiary/aromatic N) is 1. The molecule has 0 spiro atoms. The summed E-state index contributed by atoms with van der Waals surface area (Å²) in [5.74, 6) is 0.443. The number of ether oxygens (including phenoxy) is 1. The Morgan fingerprint density at radius 2 is 1.81 bits per heavy atom. The molecule has 1 aliphatic heterocycles. The highest BCUT2D eigenvalue weighted by Crippen LogP contribution is 2.42. The fraction of sp³-hybridized carbons (Fsp3) is 0.160. The van der Waals surface area contributed by atoms with Gasteiger partial charge >= 0.3 is 0 Å². The van der Waals surface area contributed by atoms with Crippen LogP contribution in [0.1, 0.15) is 32.6 Å². The Balaban J connectivity index is 1.66. The second-order valence-corrected chi connectivity index (χ2v) is 8.50. The number of hydrogen-bond donors (Lipinski definition) is 1. The summed E-state index contributed by atoms with van der Waals surface area (Å²) in [6.45, 7) is 2.90. The van der Waals surface area contributed by atoms with Gasteiger partial charge in [0, 0.05) is 23.1 Å². The summed E-state index contributed by atoms with van der Waals surface area (Å²) in [7, 11) is 1.96. The standard InChI is InChI=1S/C25H21Cl2NO3/c1-15-10-21(29)19(14-28(2)13-16-6-4-3-5-7-16)25-23(15)24(30)22(31-25)11-17-8-9-18(26)12-20(17)27/h3-12,29H,13-14H2,1-2H3/b22-11-. The van der Waals surface area contributed by atoms with Crippen LogP contribution in [0.4, 0.5) is 0 Å². The Bertz CT molecular complexity index is 1190. The minimum Gasteiger partial charge on any atom is -0.507 e. The molecule has 4 rings (SSSR count). The number of carbonyl (C=O) groups excluding carboxylic acids is 1. The second-order valence-electron chi connectivity index (χ2n) is 7.66. The number of rotatable bonds is 5. The molecule has 158 valence electrons. The molecule has 0 saturated carbocycles. The van der Waals surface area contributed by atoms with Crippen molar-refractivity contribution in [1.82, 2.24) is 4.90 Å². The van der Waals surface area contributed by atoms with Crippen molar-refractivity contribution in [2.75, 3.05) is 7.05 Å². The van der Waals surface area contributed by atoms with Gasteiger partial charge in [-0.1, -0.05) is 59.6 Å². The Hall–Kier alpha value is -2.79. The van der Waals surface area contributed by atoms with Crippen molar-refractivity contribution < 1.29 is 14.6 Å². The number of benzene rings is 3. The van der Waals surface area contributed by atoms with Crippen molar-refractivity contribution in [2.45, 2.75) is 20.0 Å². The van der Waals surface area contributed by atoms with Crippen LogP contribution in [0.15, 0.2) is 60.4 Å². The number of halogens is 2. The number of fused-ring (bicyclic) bond motifs is 1.